The van der Waals surface area contributed by atoms with Crippen molar-refractivity contribution >= 4 is 29.6 Å². The zero-order valence-corrected chi connectivity index (χ0v) is 40.2. The molecule has 0 aromatic heterocycles. The van der Waals surface area contributed by atoms with E-state index in [9.17, 15) is 24.0 Å². The zero-order chi connectivity index (χ0) is 47.0. The first kappa shape index (κ1) is 52.8. The van der Waals surface area contributed by atoms with Crippen molar-refractivity contribution in [1.82, 2.24) is 25.3 Å². The average Bonchev–Trinajstić information content (AvgIpc) is 3.76. The number of likely N-dealkylation sites (N-methyl/N-ethyl adjacent to an activating group) is 2. The highest BCUT2D eigenvalue weighted by Crippen LogP contribution is 2.30. The predicted octanol–water partition coefficient (Wildman–Crippen LogP) is 5.16. The van der Waals surface area contributed by atoms with E-state index in [1.807, 2.05) is 108 Å². The lowest BCUT2D eigenvalue weighted by atomic mass is 9.89. The van der Waals surface area contributed by atoms with Gasteiger partial charge in [0.2, 0.25) is 23.6 Å². The van der Waals surface area contributed by atoms with Gasteiger partial charge in [0, 0.05) is 40.8 Å². The van der Waals surface area contributed by atoms with Gasteiger partial charge in [-0.05, 0) is 67.3 Å². The zero-order valence-electron chi connectivity index (χ0n) is 40.2. The number of carbonyl (C=O) groups is 5. The Morgan fingerprint density at radius 1 is 0.810 bits per heavy atom. The fraction of sp³-hybridized carbons (Fsp3) is 0.653. The Balaban J connectivity index is 1.77. The van der Waals surface area contributed by atoms with Gasteiger partial charge in [-0.3, -0.25) is 24.1 Å². The number of amides is 4. The molecule has 2 aromatic rings. The Bertz CT molecular complexity index is 1740. The van der Waals surface area contributed by atoms with E-state index in [-0.39, 0.29) is 54.2 Å². The molecule has 2 aromatic carbocycles. The summed E-state index contributed by atoms with van der Waals surface area (Å²) in [5.41, 5.74) is 2.00. The molecule has 1 aliphatic rings. The molecule has 4 amide bonds. The average molecular weight is 880 g/mol. The summed E-state index contributed by atoms with van der Waals surface area (Å²) < 4.78 is 22.4. The summed E-state index contributed by atoms with van der Waals surface area (Å²) in [7, 11) is 9.69. The maximum atomic E-state index is 14.6. The van der Waals surface area contributed by atoms with Crippen LogP contribution >= 0.6 is 0 Å². The highest BCUT2D eigenvalue weighted by atomic mass is 16.5. The van der Waals surface area contributed by atoms with E-state index < -0.39 is 54.3 Å². The van der Waals surface area contributed by atoms with Gasteiger partial charge in [0.05, 0.1) is 56.9 Å². The number of ether oxygens (including phenoxy) is 4. The SMILES string of the molecule is CC[C@H](C)[C@@H]([C@@H](CC(=O)N1CCC[C@H]1[C@H](OC)[C@@H](C)C(=O)N[C@@H](Cc1ccccc1)C(=O)OC)OC)N(C)C(=O)[C@@H](NC(=O)C(C(C)C)N(C)CCc1ccc(OC)cc1)C(C)C. The van der Waals surface area contributed by atoms with Gasteiger partial charge in [0.15, 0.2) is 0 Å². The van der Waals surface area contributed by atoms with Gasteiger partial charge in [-0.2, -0.15) is 0 Å². The van der Waals surface area contributed by atoms with Crippen molar-refractivity contribution < 1.29 is 42.9 Å². The quantitative estimate of drug-likeness (QED) is 0.128. The van der Waals surface area contributed by atoms with E-state index in [0.717, 1.165) is 29.7 Å². The first-order valence-corrected chi connectivity index (χ1v) is 22.6. The van der Waals surface area contributed by atoms with Crippen LogP contribution in [-0.2, 0) is 51.0 Å². The number of benzene rings is 2. The largest absolute Gasteiger partial charge is 0.497 e. The molecule has 2 N–H and O–H groups in total. The standard InChI is InChI=1S/C49H77N5O9/c1-14-33(6)44(53(9)48(58)42(31(2)3)51-47(57)43(32(4)5)52(8)28-26-35-22-24-37(60-10)25-23-35)40(61-11)30-41(55)54-27-18-21-39(54)45(62-12)34(7)46(56)50-38(49(59)63-13)29-36-19-16-15-17-20-36/h15-17,19-20,22-25,31-34,38-40,42-45H,14,18,21,26-30H2,1-13H3,(H,50,56)(H,51,57)/t33-,34+,38-,39-,40+,42-,43?,44-,45+/m0/s1. The second-order valence-electron chi connectivity index (χ2n) is 17.9. The van der Waals surface area contributed by atoms with Gasteiger partial charge in [0.25, 0.3) is 0 Å². The minimum atomic E-state index is -0.900. The molecule has 0 bridgehead atoms. The topological polar surface area (TPSA) is 156 Å². The number of hydrogen-bond donors (Lipinski definition) is 2. The van der Waals surface area contributed by atoms with Crippen LogP contribution in [0.25, 0.3) is 0 Å². The summed E-state index contributed by atoms with van der Waals surface area (Å²) in [5, 5.41) is 6.00. The fourth-order valence-corrected chi connectivity index (χ4v) is 9.01. The van der Waals surface area contributed by atoms with Crippen molar-refractivity contribution in [3.05, 3.63) is 65.7 Å². The lowest BCUT2D eigenvalue weighted by Gasteiger charge is -2.41. The van der Waals surface area contributed by atoms with Crippen LogP contribution in [0.3, 0.4) is 0 Å². The van der Waals surface area contributed by atoms with Crippen molar-refractivity contribution in [2.45, 2.75) is 129 Å². The third kappa shape index (κ3) is 14.5. The van der Waals surface area contributed by atoms with Gasteiger partial charge in [0.1, 0.15) is 17.8 Å². The van der Waals surface area contributed by atoms with Crippen molar-refractivity contribution in [3.63, 3.8) is 0 Å². The predicted molar refractivity (Wildman–Crippen MR) is 245 cm³/mol. The monoisotopic (exact) mass is 880 g/mol. The molecule has 0 aliphatic carbocycles. The van der Waals surface area contributed by atoms with Crippen LogP contribution < -0.4 is 15.4 Å². The molecule has 63 heavy (non-hydrogen) atoms. The van der Waals surface area contributed by atoms with Crippen LogP contribution in [0.2, 0.25) is 0 Å². The van der Waals surface area contributed by atoms with Crippen LogP contribution in [-0.4, -0.2) is 142 Å². The summed E-state index contributed by atoms with van der Waals surface area (Å²) in [6, 6.07) is 14.2. The second-order valence-corrected chi connectivity index (χ2v) is 17.9. The number of hydrogen-bond acceptors (Lipinski definition) is 10. The van der Waals surface area contributed by atoms with Crippen molar-refractivity contribution in [2.75, 3.05) is 55.6 Å². The number of likely N-dealkylation sites (tertiary alicyclic amines) is 1. The Kier molecular flexibility index (Phi) is 21.5. The Hall–Kier alpha value is -4.53. The minimum Gasteiger partial charge on any atom is -0.497 e. The number of methoxy groups -OCH3 is 4. The third-order valence-electron chi connectivity index (χ3n) is 12.9. The van der Waals surface area contributed by atoms with Gasteiger partial charge in [-0.1, -0.05) is 97.4 Å². The van der Waals surface area contributed by atoms with E-state index in [1.54, 1.807) is 38.0 Å². The maximum absolute atomic E-state index is 14.6. The highest BCUT2D eigenvalue weighted by Gasteiger charge is 2.43. The molecule has 14 heteroatoms. The van der Waals surface area contributed by atoms with Crippen LogP contribution in [0.1, 0.15) is 85.3 Å². The van der Waals surface area contributed by atoms with Crippen molar-refractivity contribution in [2.24, 2.45) is 23.7 Å². The number of rotatable bonds is 25. The van der Waals surface area contributed by atoms with Crippen LogP contribution in [0, 0.1) is 23.7 Å². The highest BCUT2D eigenvalue weighted by molar-refractivity contribution is 5.90. The van der Waals surface area contributed by atoms with E-state index in [0.29, 0.717) is 25.9 Å². The van der Waals surface area contributed by atoms with E-state index in [1.165, 1.54) is 14.2 Å². The molecule has 3 rings (SSSR count). The van der Waals surface area contributed by atoms with E-state index in [2.05, 4.69) is 10.6 Å². The number of nitrogens with one attached hydrogen (secondary N) is 2. The molecule has 1 fully saturated rings. The Morgan fingerprint density at radius 3 is 2.00 bits per heavy atom. The van der Waals surface area contributed by atoms with Gasteiger partial charge < -0.3 is 39.4 Å². The first-order chi connectivity index (χ1) is 29.9. The maximum Gasteiger partial charge on any atom is 0.328 e. The molecule has 0 radical (unpaired) electrons. The number of carbonyl (C=O) groups excluding carboxylic acids is 5. The van der Waals surface area contributed by atoms with Crippen LogP contribution in [0.15, 0.2) is 54.6 Å². The first-order valence-electron chi connectivity index (χ1n) is 22.6. The van der Waals surface area contributed by atoms with Gasteiger partial charge >= 0.3 is 5.97 Å². The molecule has 352 valence electrons. The van der Waals surface area contributed by atoms with Crippen molar-refractivity contribution in [1.29, 1.82) is 0 Å². The summed E-state index contributed by atoms with van der Waals surface area (Å²) in [5.74, 6) is -1.80. The molecule has 0 spiro atoms. The minimum absolute atomic E-state index is 0.00868. The van der Waals surface area contributed by atoms with Crippen LogP contribution in [0.4, 0.5) is 0 Å². The lowest BCUT2D eigenvalue weighted by Crippen LogP contribution is -2.60. The molecule has 1 saturated heterocycles. The number of nitrogens with zero attached hydrogens (tertiary/aromatic N) is 3. The molecule has 14 nitrogen and oxygen atoms in total. The number of esters is 1. The molecule has 0 saturated carbocycles. The Labute approximate surface area is 377 Å². The fourth-order valence-electron chi connectivity index (χ4n) is 9.01. The molecule has 9 atom stereocenters. The molecule has 1 heterocycles. The summed E-state index contributed by atoms with van der Waals surface area (Å²) in [6.07, 6.45) is 1.73. The molecule has 1 aliphatic heterocycles. The van der Waals surface area contributed by atoms with E-state index >= 15 is 0 Å². The molecule has 1 unspecified atom stereocenters. The Morgan fingerprint density at radius 2 is 1.46 bits per heavy atom. The van der Waals surface area contributed by atoms with Gasteiger partial charge in [-0.25, -0.2) is 4.79 Å². The van der Waals surface area contributed by atoms with E-state index in [4.69, 9.17) is 18.9 Å². The van der Waals surface area contributed by atoms with Crippen molar-refractivity contribution in [3.8, 4) is 5.75 Å². The summed E-state index contributed by atoms with van der Waals surface area (Å²) in [6.45, 7) is 14.8. The van der Waals surface area contributed by atoms with Gasteiger partial charge in [-0.15, -0.1) is 0 Å². The third-order valence-corrected chi connectivity index (χ3v) is 12.9. The van der Waals surface area contributed by atoms with Crippen LogP contribution in [0.5, 0.6) is 5.75 Å². The lowest BCUT2D eigenvalue weighted by molar-refractivity contribution is -0.149. The second kappa shape index (κ2) is 25.7. The summed E-state index contributed by atoms with van der Waals surface area (Å²) >= 11 is 0. The summed E-state index contributed by atoms with van der Waals surface area (Å²) in [4.78, 5) is 75.0. The normalized spacial score (nSPS) is 17.9. The smallest absolute Gasteiger partial charge is 0.328 e. The molecular weight excluding hydrogens is 803 g/mol. The molecular formula is C49H77N5O9.